The summed E-state index contributed by atoms with van der Waals surface area (Å²) < 4.78 is 5.76. The van der Waals surface area contributed by atoms with Crippen LogP contribution in [-0.2, 0) is 9.62 Å². The Balaban J connectivity index is 1.88. The van der Waals surface area contributed by atoms with E-state index in [0.717, 1.165) is 32.5 Å². The molecule has 1 spiro atoms. The van der Waals surface area contributed by atoms with Crippen molar-refractivity contribution in [2.75, 3.05) is 32.8 Å². The molecule has 6 nitrogen and oxygen atoms in total. The number of hydrogen-bond acceptors (Lipinski definition) is 5. The molecule has 86 valence electrons. The van der Waals surface area contributed by atoms with Crippen molar-refractivity contribution in [2.45, 2.75) is 18.4 Å². The molecule has 0 saturated carbocycles. The van der Waals surface area contributed by atoms with Crippen LogP contribution in [0, 0.1) is 0 Å². The van der Waals surface area contributed by atoms with Gasteiger partial charge in [0.15, 0.2) is 0 Å². The van der Waals surface area contributed by atoms with Gasteiger partial charge >= 0.3 is 6.09 Å². The first-order valence-corrected chi connectivity index (χ1v) is 5.21. The molecule has 1 amide bonds. The average Bonchev–Trinajstić information content (AvgIpc) is 2.30. The summed E-state index contributed by atoms with van der Waals surface area (Å²) in [6, 6.07) is 0. The lowest BCUT2D eigenvalue weighted by molar-refractivity contribution is -0.192. The highest BCUT2D eigenvalue weighted by molar-refractivity contribution is 5.66. The number of nitrogens with one attached hydrogen (secondary N) is 1. The Labute approximate surface area is 88.1 Å². The van der Waals surface area contributed by atoms with Crippen molar-refractivity contribution in [2.24, 2.45) is 0 Å². The van der Waals surface area contributed by atoms with E-state index < -0.39 is 6.09 Å². The number of nitrogens with zero attached hydrogens (tertiary/aromatic N) is 1. The Kier molecular flexibility index (Phi) is 3.08. The third kappa shape index (κ3) is 2.22. The minimum absolute atomic E-state index is 0.121. The average molecular weight is 216 g/mol. The first-order chi connectivity index (χ1) is 7.26. The molecule has 2 aliphatic rings. The number of hydrogen-bond donors (Lipinski definition) is 2. The van der Waals surface area contributed by atoms with Crippen LogP contribution in [0.4, 0.5) is 4.79 Å². The molecule has 0 aromatic rings. The van der Waals surface area contributed by atoms with Gasteiger partial charge in [0.05, 0.1) is 12.2 Å². The second-order valence-electron chi connectivity index (χ2n) is 4.05. The molecular formula is C9H16N2O4. The van der Waals surface area contributed by atoms with Gasteiger partial charge in [0, 0.05) is 26.2 Å². The van der Waals surface area contributed by atoms with Crippen LogP contribution < -0.4 is 5.32 Å². The maximum atomic E-state index is 11.0. The number of morpholine rings is 1. The molecule has 6 heteroatoms. The lowest BCUT2D eigenvalue weighted by Crippen LogP contribution is -2.56. The van der Waals surface area contributed by atoms with E-state index in [0.29, 0.717) is 13.1 Å². The van der Waals surface area contributed by atoms with E-state index in [1.54, 1.807) is 0 Å². The number of carbonyl (C=O) groups is 1. The van der Waals surface area contributed by atoms with E-state index in [-0.39, 0.29) is 5.60 Å². The molecule has 0 aromatic heterocycles. The van der Waals surface area contributed by atoms with E-state index in [2.05, 4.69) is 10.2 Å². The highest BCUT2D eigenvalue weighted by Gasteiger charge is 2.38. The molecule has 0 atom stereocenters. The van der Waals surface area contributed by atoms with Gasteiger partial charge in [0.2, 0.25) is 0 Å². The summed E-state index contributed by atoms with van der Waals surface area (Å²) in [4.78, 5) is 16.2. The number of ether oxygens (including phenoxy) is 1. The van der Waals surface area contributed by atoms with E-state index in [1.807, 2.05) is 0 Å². The van der Waals surface area contributed by atoms with E-state index in [1.165, 1.54) is 4.90 Å². The van der Waals surface area contributed by atoms with Gasteiger partial charge in [-0.25, -0.2) is 4.79 Å². The smallest absolute Gasteiger partial charge is 0.372 e. The van der Waals surface area contributed by atoms with E-state index >= 15 is 0 Å². The van der Waals surface area contributed by atoms with Gasteiger partial charge in [-0.1, -0.05) is 0 Å². The fourth-order valence-corrected chi connectivity index (χ4v) is 2.18. The molecule has 2 fully saturated rings. The molecule has 0 aromatic carbocycles. The second-order valence-corrected chi connectivity index (χ2v) is 4.05. The molecule has 0 bridgehead atoms. The van der Waals surface area contributed by atoms with Crippen molar-refractivity contribution in [1.82, 2.24) is 10.2 Å². The van der Waals surface area contributed by atoms with Gasteiger partial charge < -0.3 is 15.0 Å². The fourth-order valence-electron chi connectivity index (χ4n) is 2.18. The summed E-state index contributed by atoms with van der Waals surface area (Å²) in [6.45, 7) is 3.60. The van der Waals surface area contributed by atoms with Crippen LogP contribution in [0.15, 0.2) is 0 Å². The lowest BCUT2D eigenvalue weighted by atomic mass is 9.90. The predicted molar refractivity (Wildman–Crippen MR) is 51.5 cm³/mol. The summed E-state index contributed by atoms with van der Waals surface area (Å²) in [6.07, 6.45) is 0.901. The molecule has 2 heterocycles. The maximum Gasteiger partial charge on any atom is 0.441 e. The monoisotopic (exact) mass is 216 g/mol. The van der Waals surface area contributed by atoms with Gasteiger partial charge in [0.1, 0.15) is 0 Å². The molecule has 2 aliphatic heterocycles. The third-order valence-corrected chi connectivity index (χ3v) is 3.15. The van der Waals surface area contributed by atoms with Crippen LogP contribution >= 0.6 is 0 Å². The number of piperidine rings is 1. The van der Waals surface area contributed by atoms with E-state index in [9.17, 15) is 4.79 Å². The Morgan fingerprint density at radius 3 is 2.73 bits per heavy atom. The molecule has 0 aliphatic carbocycles. The first-order valence-electron chi connectivity index (χ1n) is 5.21. The Bertz CT molecular complexity index is 230. The number of carbonyl (C=O) groups excluding carboxylic acids is 1. The first kappa shape index (κ1) is 10.7. The highest BCUT2D eigenvalue weighted by atomic mass is 17.1. The van der Waals surface area contributed by atoms with Gasteiger partial charge in [-0.2, -0.15) is 5.26 Å². The summed E-state index contributed by atoms with van der Waals surface area (Å²) in [5.41, 5.74) is -0.121. The zero-order chi connectivity index (χ0) is 10.7. The molecule has 2 rings (SSSR count). The van der Waals surface area contributed by atoms with Crippen molar-refractivity contribution >= 4 is 6.09 Å². The topological polar surface area (TPSA) is 71.0 Å². The van der Waals surface area contributed by atoms with E-state index in [4.69, 9.17) is 9.99 Å². The zero-order valence-corrected chi connectivity index (χ0v) is 8.57. The van der Waals surface area contributed by atoms with Gasteiger partial charge in [-0.05, 0) is 12.8 Å². The number of likely N-dealkylation sites (tertiary alicyclic amines) is 1. The largest absolute Gasteiger partial charge is 0.441 e. The molecule has 0 unspecified atom stereocenters. The van der Waals surface area contributed by atoms with Gasteiger partial charge in [-0.3, -0.25) is 4.89 Å². The lowest BCUT2D eigenvalue weighted by Gasteiger charge is -2.43. The number of rotatable bonds is 0. The van der Waals surface area contributed by atoms with Crippen molar-refractivity contribution in [3.05, 3.63) is 0 Å². The molecule has 15 heavy (non-hydrogen) atoms. The molecular weight excluding hydrogens is 200 g/mol. The predicted octanol–water partition coefficient (Wildman–Crippen LogP) is 0.0504. The summed E-state index contributed by atoms with van der Waals surface area (Å²) in [5, 5.41) is 11.5. The van der Waals surface area contributed by atoms with Crippen molar-refractivity contribution in [1.29, 1.82) is 0 Å². The molecule has 2 N–H and O–H groups in total. The van der Waals surface area contributed by atoms with Crippen LogP contribution in [0.3, 0.4) is 0 Å². The summed E-state index contributed by atoms with van der Waals surface area (Å²) >= 11 is 0. The van der Waals surface area contributed by atoms with Gasteiger partial charge in [0.25, 0.3) is 0 Å². The summed E-state index contributed by atoms with van der Waals surface area (Å²) in [5.74, 6) is 0. The van der Waals surface area contributed by atoms with Crippen LogP contribution in [0.25, 0.3) is 0 Å². The molecule has 2 saturated heterocycles. The van der Waals surface area contributed by atoms with Gasteiger partial charge in [-0.15, -0.1) is 0 Å². The maximum absolute atomic E-state index is 11.0. The number of amides is 1. The quantitative estimate of drug-likeness (QED) is 0.442. The Hall–Kier alpha value is -0.850. The SMILES string of the molecule is O=C(OO)N1CCC2(CC1)CNCCO2. The van der Waals surface area contributed by atoms with Crippen molar-refractivity contribution in [3.63, 3.8) is 0 Å². The van der Waals surface area contributed by atoms with Crippen LogP contribution in [0.2, 0.25) is 0 Å². The van der Waals surface area contributed by atoms with Crippen LogP contribution in [-0.4, -0.2) is 54.6 Å². The van der Waals surface area contributed by atoms with Crippen molar-refractivity contribution < 1.29 is 19.7 Å². The Morgan fingerprint density at radius 1 is 1.47 bits per heavy atom. The standard InChI is InChI=1S/C9H16N2O4/c12-8(15-13)11-4-1-9(2-5-11)7-10-3-6-14-9/h10,13H,1-7H2. The van der Waals surface area contributed by atoms with Crippen LogP contribution in [0.1, 0.15) is 12.8 Å². The minimum atomic E-state index is -0.673. The summed E-state index contributed by atoms with van der Waals surface area (Å²) in [7, 11) is 0. The Morgan fingerprint density at radius 2 is 2.20 bits per heavy atom. The van der Waals surface area contributed by atoms with Crippen molar-refractivity contribution in [3.8, 4) is 0 Å². The fraction of sp³-hybridized carbons (Fsp3) is 0.889. The highest BCUT2D eigenvalue weighted by Crippen LogP contribution is 2.27. The third-order valence-electron chi connectivity index (χ3n) is 3.15. The zero-order valence-electron chi connectivity index (χ0n) is 8.57. The normalized spacial score (nSPS) is 25.3. The molecule has 0 radical (unpaired) electrons. The van der Waals surface area contributed by atoms with Crippen LogP contribution in [0.5, 0.6) is 0 Å². The minimum Gasteiger partial charge on any atom is -0.372 e. The second kappa shape index (κ2) is 4.34.